The normalized spacial score (nSPS) is 14.8. The number of thiazole rings is 1. The maximum Gasteiger partial charge on any atom is 0.330 e. The second kappa shape index (κ2) is 9.00. The molecule has 2 aromatic rings. The van der Waals surface area contributed by atoms with Crippen LogP contribution < -0.4 is 4.74 Å². The van der Waals surface area contributed by atoms with Crippen molar-refractivity contribution in [2.24, 2.45) is 0 Å². The predicted octanol–water partition coefficient (Wildman–Crippen LogP) is 5.02. The number of aryl methyl sites for hydroxylation is 2. The van der Waals surface area contributed by atoms with Gasteiger partial charge in [0, 0.05) is 18.0 Å². The van der Waals surface area contributed by atoms with E-state index in [9.17, 15) is 9.67 Å². The highest BCUT2D eigenvalue weighted by Crippen LogP contribution is 2.52. The minimum Gasteiger partial charge on any atom is -0.504 e. The lowest BCUT2D eigenvalue weighted by molar-refractivity contribution is 0.150. The number of aromatic hydroxyl groups is 1. The minimum atomic E-state index is -3.23. The Hall–Kier alpha value is -1.40. The summed E-state index contributed by atoms with van der Waals surface area (Å²) in [5.74, 6) is 0.439. The molecule has 8 heteroatoms. The van der Waals surface area contributed by atoms with Gasteiger partial charge in [-0.2, -0.15) is 0 Å². The molecule has 6 nitrogen and oxygen atoms in total. The summed E-state index contributed by atoms with van der Waals surface area (Å²) in [5.41, 5.74) is 2.28. The number of aromatic nitrogens is 1. The lowest BCUT2D eigenvalue weighted by Gasteiger charge is -2.24. The van der Waals surface area contributed by atoms with E-state index in [1.165, 1.54) is 7.11 Å². The summed E-state index contributed by atoms with van der Waals surface area (Å²) in [6.45, 7) is 7.61. The summed E-state index contributed by atoms with van der Waals surface area (Å²) in [6, 6.07) is 3.52. The SMILES string of the molecule is CCOP(=O)(CC)OC(Cc1csc(C)n1)c1cc(C)c(O)c(OC)c1. The van der Waals surface area contributed by atoms with E-state index in [0.29, 0.717) is 24.3 Å². The average molecular weight is 399 g/mol. The maximum atomic E-state index is 12.9. The molecule has 0 spiro atoms. The van der Waals surface area contributed by atoms with Gasteiger partial charge < -0.3 is 14.4 Å². The summed E-state index contributed by atoms with van der Waals surface area (Å²) in [4.78, 5) is 4.49. The van der Waals surface area contributed by atoms with Crippen LogP contribution in [0, 0.1) is 13.8 Å². The molecule has 1 aromatic heterocycles. The molecule has 1 N–H and O–H groups in total. The smallest absolute Gasteiger partial charge is 0.330 e. The number of phenolic OH excluding ortho intramolecular Hbond substituents is 1. The second-order valence-corrected chi connectivity index (χ2v) is 9.28. The number of methoxy groups -OCH3 is 1. The molecule has 0 saturated heterocycles. The molecule has 1 heterocycles. The van der Waals surface area contributed by atoms with Crippen molar-refractivity contribution in [3.05, 3.63) is 39.3 Å². The van der Waals surface area contributed by atoms with Gasteiger partial charge in [0.05, 0.1) is 30.5 Å². The van der Waals surface area contributed by atoms with Crippen LogP contribution in [0.25, 0.3) is 0 Å². The van der Waals surface area contributed by atoms with Crippen LogP contribution in [0.1, 0.15) is 41.8 Å². The van der Waals surface area contributed by atoms with Crippen molar-refractivity contribution >= 4 is 18.9 Å². The summed E-state index contributed by atoms with van der Waals surface area (Å²) < 4.78 is 29.6. The molecule has 26 heavy (non-hydrogen) atoms. The van der Waals surface area contributed by atoms with Gasteiger partial charge in [0.2, 0.25) is 0 Å². The van der Waals surface area contributed by atoms with Gasteiger partial charge in [-0.15, -0.1) is 11.3 Å². The number of benzene rings is 1. The zero-order valence-electron chi connectivity index (χ0n) is 15.8. The predicted molar refractivity (Wildman–Crippen MR) is 104 cm³/mol. The maximum absolute atomic E-state index is 12.9. The Labute approximate surface area is 158 Å². The van der Waals surface area contributed by atoms with Crippen LogP contribution in [-0.2, 0) is 20.0 Å². The van der Waals surface area contributed by atoms with Gasteiger partial charge in [0.25, 0.3) is 0 Å². The molecule has 0 saturated carbocycles. The van der Waals surface area contributed by atoms with Gasteiger partial charge in [-0.1, -0.05) is 6.92 Å². The molecule has 2 atom stereocenters. The van der Waals surface area contributed by atoms with Gasteiger partial charge >= 0.3 is 7.60 Å². The van der Waals surface area contributed by atoms with E-state index in [0.717, 1.165) is 16.3 Å². The lowest BCUT2D eigenvalue weighted by atomic mass is 10.0. The minimum absolute atomic E-state index is 0.0861. The Kier molecular flexibility index (Phi) is 7.24. The molecule has 0 bridgehead atoms. The number of hydrogen-bond donors (Lipinski definition) is 1. The molecule has 2 rings (SSSR count). The average Bonchev–Trinajstić information content (AvgIpc) is 3.01. The van der Waals surface area contributed by atoms with Gasteiger partial charge in [0.15, 0.2) is 11.5 Å². The molecule has 144 valence electrons. The van der Waals surface area contributed by atoms with E-state index in [-0.39, 0.29) is 11.9 Å². The van der Waals surface area contributed by atoms with E-state index in [4.69, 9.17) is 13.8 Å². The van der Waals surface area contributed by atoms with Crippen molar-refractivity contribution in [1.29, 1.82) is 0 Å². The highest BCUT2D eigenvalue weighted by Gasteiger charge is 2.29. The first-order valence-electron chi connectivity index (χ1n) is 8.52. The highest BCUT2D eigenvalue weighted by molar-refractivity contribution is 7.53. The van der Waals surface area contributed by atoms with E-state index in [1.54, 1.807) is 38.2 Å². The van der Waals surface area contributed by atoms with Crippen LogP contribution in [0.3, 0.4) is 0 Å². The third-order valence-electron chi connectivity index (χ3n) is 3.94. The van der Waals surface area contributed by atoms with Crippen molar-refractivity contribution < 1.29 is 23.5 Å². The molecule has 0 aliphatic carbocycles. The zero-order chi connectivity index (χ0) is 19.3. The number of hydrogen-bond acceptors (Lipinski definition) is 7. The Morgan fingerprint density at radius 1 is 1.31 bits per heavy atom. The highest BCUT2D eigenvalue weighted by atomic mass is 32.1. The van der Waals surface area contributed by atoms with Crippen molar-refractivity contribution in [3.8, 4) is 11.5 Å². The summed E-state index contributed by atoms with van der Waals surface area (Å²) in [7, 11) is -1.74. The van der Waals surface area contributed by atoms with Crippen molar-refractivity contribution in [1.82, 2.24) is 4.98 Å². The molecule has 0 amide bonds. The van der Waals surface area contributed by atoms with Crippen molar-refractivity contribution in [3.63, 3.8) is 0 Å². The lowest BCUT2D eigenvalue weighted by Crippen LogP contribution is -2.10. The Balaban J connectivity index is 2.42. The molecular weight excluding hydrogens is 373 g/mol. The Morgan fingerprint density at radius 2 is 2.04 bits per heavy atom. The number of phenols is 1. The third kappa shape index (κ3) is 5.07. The molecule has 1 aromatic carbocycles. The fraction of sp³-hybridized carbons (Fsp3) is 0.500. The molecule has 0 aliphatic rings. The van der Waals surface area contributed by atoms with E-state index < -0.39 is 13.7 Å². The van der Waals surface area contributed by atoms with Crippen LogP contribution in [-0.4, -0.2) is 30.0 Å². The van der Waals surface area contributed by atoms with Gasteiger partial charge in [-0.3, -0.25) is 9.09 Å². The summed E-state index contributed by atoms with van der Waals surface area (Å²) in [6.07, 6.45) is 0.207. The standard InChI is InChI=1S/C18H26NO5PS/c1-6-23-25(21,7-2)24-16(10-15-11-26-13(4)19-15)14-8-12(3)18(20)17(9-14)22-5/h8-9,11,16,20H,6-7,10H2,1-5H3. The van der Waals surface area contributed by atoms with Crippen LogP contribution in [0.4, 0.5) is 0 Å². The van der Waals surface area contributed by atoms with E-state index in [1.807, 2.05) is 18.4 Å². The topological polar surface area (TPSA) is 77.9 Å². The van der Waals surface area contributed by atoms with Crippen LogP contribution >= 0.6 is 18.9 Å². The third-order valence-corrected chi connectivity index (χ3v) is 6.77. The van der Waals surface area contributed by atoms with E-state index >= 15 is 0 Å². The van der Waals surface area contributed by atoms with Gasteiger partial charge in [-0.05, 0) is 44.0 Å². The zero-order valence-corrected chi connectivity index (χ0v) is 17.5. The van der Waals surface area contributed by atoms with Gasteiger partial charge in [-0.25, -0.2) is 4.98 Å². The molecule has 0 aliphatic heterocycles. The quantitative estimate of drug-likeness (QED) is 0.596. The first-order chi connectivity index (χ1) is 12.3. The largest absolute Gasteiger partial charge is 0.504 e. The van der Waals surface area contributed by atoms with Crippen LogP contribution in [0.15, 0.2) is 17.5 Å². The van der Waals surface area contributed by atoms with Gasteiger partial charge in [0.1, 0.15) is 0 Å². The first kappa shape index (κ1) is 20.9. The number of ether oxygens (including phenoxy) is 1. The summed E-state index contributed by atoms with van der Waals surface area (Å²) >= 11 is 1.56. The molecule has 0 radical (unpaired) electrons. The Morgan fingerprint density at radius 3 is 2.58 bits per heavy atom. The molecular formula is C18H26NO5PS. The molecule has 0 fully saturated rings. The number of rotatable bonds is 9. The number of nitrogens with zero attached hydrogens (tertiary/aromatic N) is 1. The Bertz CT molecular complexity index is 792. The van der Waals surface area contributed by atoms with Crippen molar-refractivity contribution in [2.45, 2.75) is 40.2 Å². The summed E-state index contributed by atoms with van der Waals surface area (Å²) in [5, 5.41) is 13.0. The van der Waals surface area contributed by atoms with Crippen LogP contribution in [0.5, 0.6) is 11.5 Å². The van der Waals surface area contributed by atoms with Crippen molar-refractivity contribution in [2.75, 3.05) is 19.9 Å². The van der Waals surface area contributed by atoms with E-state index in [2.05, 4.69) is 4.98 Å². The fourth-order valence-electron chi connectivity index (χ4n) is 2.61. The second-order valence-electron chi connectivity index (χ2n) is 5.89. The van der Waals surface area contributed by atoms with Crippen LogP contribution in [0.2, 0.25) is 0 Å². The fourth-order valence-corrected chi connectivity index (χ4v) is 4.61. The first-order valence-corrected chi connectivity index (χ1v) is 11.1. The monoisotopic (exact) mass is 399 g/mol. The molecule has 2 unspecified atom stereocenters.